The van der Waals surface area contributed by atoms with Gasteiger partial charge in [-0.25, -0.2) is 0 Å². The Morgan fingerprint density at radius 2 is 1.87 bits per heavy atom. The summed E-state index contributed by atoms with van der Waals surface area (Å²) in [5.74, 6) is 1.94. The molecule has 0 spiro atoms. The molecule has 30 heavy (non-hydrogen) atoms. The lowest BCUT2D eigenvalue weighted by Gasteiger charge is -2.23. The molecule has 3 aromatic carbocycles. The maximum Gasteiger partial charge on any atom is 0.131 e. The van der Waals surface area contributed by atoms with Crippen LogP contribution in [0.15, 0.2) is 76.2 Å². The Kier molecular flexibility index (Phi) is 6.76. The van der Waals surface area contributed by atoms with Crippen LogP contribution in [0.5, 0.6) is 5.75 Å². The molecule has 3 nitrogen and oxygen atoms in total. The van der Waals surface area contributed by atoms with Gasteiger partial charge in [-0.1, -0.05) is 70.0 Å². The topological polar surface area (TPSA) is 24.8 Å². The van der Waals surface area contributed by atoms with E-state index in [1.165, 1.54) is 5.56 Å². The number of aryl methyl sites for hydroxylation is 1. The fraction of sp³-hybridized carbons (Fsp3) is 0.240. The van der Waals surface area contributed by atoms with Gasteiger partial charge in [0.1, 0.15) is 11.6 Å². The number of amidine groups is 1. The van der Waals surface area contributed by atoms with Crippen LogP contribution in [-0.4, -0.2) is 30.9 Å². The molecule has 1 heterocycles. The van der Waals surface area contributed by atoms with Gasteiger partial charge in [-0.15, -0.1) is 0 Å². The van der Waals surface area contributed by atoms with Crippen molar-refractivity contribution in [3.63, 3.8) is 0 Å². The molecule has 0 unspecified atom stereocenters. The lowest BCUT2D eigenvalue weighted by molar-refractivity contribution is 0.409. The number of hydrogen-bond donors (Lipinski definition) is 0. The van der Waals surface area contributed by atoms with Gasteiger partial charge in [-0.05, 0) is 53.8 Å². The van der Waals surface area contributed by atoms with E-state index in [0.29, 0.717) is 0 Å². The van der Waals surface area contributed by atoms with Crippen molar-refractivity contribution < 1.29 is 4.74 Å². The highest BCUT2D eigenvalue weighted by Gasteiger charge is 2.22. The standard InChI is InChI=1S/C25H24BrClN2O/c1-30-24-13-11-20(26)16-19(24)10-12-21-22(8-5-9-23(21)27)25-28-14-15-29(25)17-18-6-3-2-4-7-18/h2-9,11,13,16H,10,12,14-15,17H2,1H3. The van der Waals surface area contributed by atoms with Crippen molar-refractivity contribution >= 4 is 33.4 Å². The van der Waals surface area contributed by atoms with Gasteiger partial charge in [0.25, 0.3) is 0 Å². The Labute approximate surface area is 191 Å². The monoisotopic (exact) mass is 482 g/mol. The minimum absolute atomic E-state index is 0.788. The third-order valence-electron chi connectivity index (χ3n) is 5.39. The molecule has 0 saturated carbocycles. The van der Waals surface area contributed by atoms with Gasteiger partial charge in [-0.2, -0.15) is 0 Å². The van der Waals surface area contributed by atoms with Crippen molar-refractivity contribution in [2.75, 3.05) is 20.2 Å². The van der Waals surface area contributed by atoms with E-state index in [1.807, 2.05) is 30.3 Å². The first-order valence-corrected chi connectivity index (χ1v) is 11.3. The average molecular weight is 484 g/mol. The van der Waals surface area contributed by atoms with E-state index >= 15 is 0 Å². The van der Waals surface area contributed by atoms with Crippen LogP contribution in [-0.2, 0) is 19.4 Å². The van der Waals surface area contributed by atoms with Crippen LogP contribution in [0.4, 0.5) is 0 Å². The molecule has 0 aromatic heterocycles. The first-order chi connectivity index (χ1) is 14.7. The van der Waals surface area contributed by atoms with E-state index in [-0.39, 0.29) is 0 Å². The molecule has 0 atom stereocenters. The van der Waals surface area contributed by atoms with Gasteiger partial charge >= 0.3 is 0 Å². The summed E-state index contributed by atoms with van der Waals surface area (Å²) in [5, 5.41) is 0.788. The van der Waals surface area contributed by atoms with Crippen LogP contribution in [0.2, 0.25) is 5.02 Å². The zero-order valence-corrected chi connectivity index (χ0v) is 19.3. The molecule has 0 saturated heterocycles. The summed E-state index contributed by atoms with van der Waals surface area (Å²) in [4.78, 5) is 7.19. The second kappa shape index (κ2) is 9.67. The molecule has 0 amide bonds. The second-order valence-corrected chi connectivity index (χ2v) is 8.66. The smallest absolute Gasteiger partial charge is 0.131 e. The number of rotatable bonds is 7. The molecule has 4 rings (SSSR count). The highest BCUT2D eigenvalue weighted by molar-refractivity contribution is 9.10. The van der Waals surface area contributed by atoms with Crippen LogP contribution in [0.1, 0.15) is 22.3 Å². The van der Waals surface area contributed by atoms with Gasteiger partial charge in [0, 0.05) is 28.1 Å². The largest absolute Gasteiger partial charge is 0.496 e. The summed E-state index contributed by atoms with van der Waals surface area (Å²) in [6.45, 7) is 2.59. The van der Waals surface area contributed by atoms with E-state index < -0.39 is 0 Å². The predicted molar refractivity (Wildman–Crippen MR) is 128 cm³/mol. The fourth-order valence-corrected chi connectivity index (χ4v) is 4.60. The predicted octanol–water partition coefficient (Wildman–Crippen LogP) is 6.16. The molecule has 0 N–H and O–H groups in total. The molecular formula is C25H24BrClN2O. The van der Waals surface area contributed by atoms with Gasteiger partial charge in [-0.3, -0.25) is 4.99 Å². The van der Waals surface area contributed by atoms with Gasteiger partial charge in [0.05, 0.1) is 13.7 Å². The van der Waals surface area contributed by atoms with Crippen molar-refractivity contribution in [2.24, 2.45) is 4.99 Å². The Morgan fingerprint density at radius 1 is 1.03 bits per heavy atom. The molecule has 0 bridgehead atoms. The van der Waals surface area contributed by atoms with Crippen LogP contribution in [0.3, 0.4) is 0 Å². The average Bonchev–Trinajstić information content (AvgIpc) is 3.21. The minimum atomic E-state index is 0.788. The van der Waals surface area contributed by atoms with Crippen molar-refractivity contribution in [1.29, 1.82) is 0 Å². The SMILES string of the molecule is COc1ccc(Br)cc1CCc1c(Cl)cccc1C1=NCCN1Cc1ccccc1. The van der Waals surface area contributed by atoms with E-state index in [4.69, 9.17) is 21.3 Å². The number of hydrogen-bond acceptors (Lipinski definition) is 3. The van der Waals surface area contributed by atoms with E-state index in [2.05, 4.69) is 57.2 Å². The lowest BCUT2D eigenvalue weighted by Crippen LogP contribution is -2.28. The highest BCUT2D eigenvalue weighted by atomic mass is 79.9. The summed E-state index contributed by atoms with van der Waals surface area (Å²) in [5.41, 5.74) is 4.71. The molecule has 0 radical (unpaired) electrons. The fourth-order valence-electron chi connectivity index (χ4n) is 3.92. The Balaban J connectivity index is 1.59. The number of ether oxygens (including phenoxy) is 1. The second-order valence-electron chi connectivity index (χ2n) is 7.33. The van der Waals surface area contributed by atoms with Crippen LogP contribution in [0, 0.1) is 0 Å². The number of halogens is 2. The number of benzene rings is 3. The van der Waals surface area contributed by atoms with Crippen LogP contribution in [0.25, 0.3) is 0 Å². The normalized spacial score (nSPS) is 13.4. The Bertz CT molecular complexity index is 1050. The van der Waals surface area contributed by atoms with Gasteiger partial charge in [0.2, 0.25) is 0 Å². The summed E-state index contributed by atoms with van der Waals surface area (Å²) in [6, 6.07) is 22.8. The van der Waals surface area contributed by atoms with Crippen molar-refractivity contribution in [3.8, 4) is 5.75 Å². The van der Waals surface area contributed by atoms with E-state index in [9.17, 15) is 0 Å². The highest BCUT2D eigenvalue weighted by Crippen LogP contribution is 2.29. The van der Waals surface area contributed by atoms with Gasteiger partial charge < -0.3 is 9.64 Å². The van der Waals surface area contributed by atoms with Crippen molar-refractivity contribution in [3.05, 3.63) is 98.5 Å². The third kappa shape index (κ3) is 4.71. The number of nitrogens with zero attached hydrogens (tertiary/aromatic N) is 2. The molecular weight excluding hydrogens is 460 g/mol. The van der Waals surface area contributed by atoms with E-state index in [0.717, 1.165) is 70.2 Å². The molecule has 154 valence electrons. The quantitative estimate of drug-likeness (QED) is 0.402. The van der Waals surface area contributed by atoms with Crippen molar-refractivity contribution in [2.45, 2.75) is 19.4 Å². The van der Waals surface area contributed by atoms with E-state index in [1.54, 1.807) is 7.11 Å². The zero-order valence-electron chi connectivity index (χ0n) is 16.9. The summed E-state index contributed by atoms with van der Waals surface area (Å²) in [7, 11) is 1.71. The Hall–Kier alpha value is -2.30. The molecule has 0 fully saturated rings. The number of methoxy groups -OCH3 is 1. The summed E-state index contributed by atoms with van der Waals surface area (Å²) >= 11 is 10.2. The van der Waals surface area contributed by atoms with Crippen LogP contribution < -0.4 is 4.74 Å². The molecule has 5 heteroatoms. The Morgan fingerprint density at radius 3 is 2.67 bits per heavy atom. The molecule has 0 aliphatic carbocycles. The minimum Gasteiger partial charge on any atom is -0.496 e. The molecule has 1 aliphatic heterocycles. The van der Waals surface area contributed by atoms with Crippen molar-refractivity contribution in [1.82, 2.24) is 4.90 Å². The summed E-state index contributed by atoms with van der Waals surface area (Å²) in [6.07, 6.45) is 1.66. The zero-order chi connectivity index (χ0) is 20.9. The first kappa shape index (κ1) is 21.0. The summed E-state index contributed by atoms with van der Waals surface area (Å²) < 4.78 is 6.59. The maximum absolute atomic E-state index is 6.67. The van der Waals surface area contributed by atoms with Gasteiger partial charge in [0.15, 0.2) is 0 Å². The molecule has 1 aliphatic rings. The first-order valence-electron chi connectivity index (χ1n) is 10.1. The van der Waals surface area contributed by atoms with Crippen LogP contribution >= 0.6 is 27.5 Å². The third-order valence-corrected chi connectivity index (χ3v) is 6.24. The number of aliphatic imine (C=N–C) groups is 1. The maximum atomic E-state index is 6.67. The molecule has 3 aromatic rings. The lowest BCUT2D eigenvalue weighted by atomic mass is 9.98.